The van der Waals surface area contributed by atoms with E-state index in [1.165, 1.54) is 12.1 Å². The zero-order chi connectivity index (χ0) is 15.4. The summed E-state index contributed by atoms with van der Waals surface area (Å²) in [5, 5.41) is 3.34. The van der Waals surface area contributed by atoms with Crippen molar-refractivity contribution in [2.45, 2.75) is 26.3 Å². The fraction of sp³-hybridized carbons (Fsp3) is 0.294. The molecule has 0 aliphatic heterocycles. The van der Waals surface area contributed by atoms with Gasteiger partial charge in [-0.05, 0) is 43.7 Å². The highest BCUT2D eigenvalue weighted by Gasteiger charge is 2.18. The molecule has 0 heterocycles. The lowest BCUT2D eigenvalue weighted by Gasteiger charge is -2.21. The molecule has 1 nitrogen and oxygen atoms in total. The van der Waals surface area contributed by atoms with Crippen LogP contribution in [0.3, 0.4) is 0 Å². The average molecular weight is 310 g/mol. The normalized spacial score (nSPS) is 12.4. The zero-order valence-corrected chi connectivity index (χ0v) is 12.8. The van der Waals surface area contributed by atoms with Gasteiger partial charge in [0.1, 0.15) is 11.6 Å². The molecule has 0 fully saturated rings. The van der Waals surface area contributed by atoms with Gasteiger partial charge in [-0.25, -0.2) is 8.78 Å². The minimum Gasteiger partial charge on any atom is -0.306 e. The highest BCUT2D eigenvalue weighted by molar-refractivity contribution is 6.30. The Morgan fingerprint density at radius 3 is 2.48 bits per heavy atom. The molecule has 2 rings (SSSR count). The Morgan fingerprint density at radius 2 is 1.81 bits per heavy atom. The standard InChI is InChI=1S/C17H18ClF2N/c1-3-8-21-17(12-5-7-16(20)14(18)10-12)13-9-11(2)4-6-15(13)19/h4-7,9-10,17,21H,3,8H2,1-2H3. The number of halogens is 3. The van der Waals surface area contributed by atoms with Crippen LogP contribution in [0, 0.1) is 18.6 Å². The maximum atomic E-state index is 14.2. The van der Waals surface area contributed by atoms with Crippen molar-refractivity contribution in [2.24, 2.45) is 0 Å². The molecule has 0 saturated heterocycles. The van der Waals surface area contributed by atoms with Gasteiger partial charge in [0.2, 0.25) is 0 Å². The van der Waals surface area contributed by atoms with Gasteiger partial charge in [0, 0.05) is 5.56 Å². The van der Waals surface area contributed by atoms with Gasteiger partial charge in [0.15, 0.2) is 0 Å². The lowest BCUT2D eigenvalue weighted by atomic mass is 9.96. The van der Waals surface area contributed by atoms with Gasteiger partial charge in [-0.15, -0.1) is 0 Å². The van der Waals surface area contributed by atoms with E-state index in [1.54, 1.807) is 24.3 Å². The minimum atomic E-state index is -0.473. The Balaban J connectivity index is 2.46. The molecule has 0 aromatic heterocycles. The van der Waals surface area contributed by atoms with Crippen LogP contribution in [0.15, 0.2) is 36.4 Å². The van der Waals surface area contributed by atoms with Crippen LogP contribution in [-0.4, -0.2) is 6.54 Å². The van der Waals surface area contributed by atoms with Crippen molar-refractivity contribution in [1.82, 2.24) is 5.32 Å². The molecule has 112 valence electrons. The highest BCUT2D eigenvalue weighted by Crippen LogP contribution is 2.28. The summed E-state index contributed by atoms with van der Waals surface area (Å²) < 4.78 is 27.5. The Bertz CT molecular complexity index is 628. The quantitative estimate of drug-likeness (QED) is 0.818. The average Bonchev–Trinajstić information content (AvgIpc) is 2.46. The molecule has 0 spiro atoms. The molecular weight excluding hydrogens is 292 g/mol. The lowest BCUT2D eigenvalue weighted by Crippen LogP contribution is -2.24. The molecule has 4 heteroatoms. The van der Waals surface area contributed by atoms with E-state index >= 15 is 0 Å². The van der Waals surface area contributed by atoms with E-state index in [9.17, 15) is 8.78 Å². The summed E-state index contributed by atoms with van der Waals surface area (Å²) in [5.74, 6) is -0.756. The molecular formula is C17H18ClF2N. The summed E-state index contributed by atoms with van der Waals surface area (Å²) >= 11 is 5.85. The van der Waals surface area contributed by atoms with Crippen molar-refractivity contribution in [3.05, 3.63) is 69.7 Å². The summed E-state index contributed by atoms with van der Waals surface area (Å²) in [6.45, 7) is 4.68. The molecule has 2 aromatic rings. The molecule has 1 N–H and O–H groups in total. The van der Waals surface area contributed by atoms with Crippen molar-refractivity contribution >= 4 is 11.6 Å². The second kappa shape index (κ2) is 7.01. The molecule has 21 heavy (non-hydrogen) atoms. The van der Waals surface area contributed by atoms with E-state index in [0.29, 0.717) is 5.56 Å². The Morgan fingerprint density at radius 1 is 1.10 bits per heavy atom. The van der Waals surface area contributed by atoms with Gasteiger partial charge in [0.25, 0.3) is 0 Å². The smallest absolute Gasteiger partial charge is 0.141 e. The third-order valence-electron chi connectivity index (χ3n) is 3.34. The first kappa shape index (κ1) is 15.9. The summed E-state index contributed by atoms with van der Waals surface area (Å²) in [5.41, 5.74) is 2.27. The van der Waals surface area contributed by atoms with Gasteiger partial charge in [-0.2, -0.15) is 0 Å². The van der Waals surface area contributed by atoms with Crippen LogP contribution in [0.1, 0.15) is 36.1 Å². The molecule has 0 bridgehead atoms. The minimum absolute atomic E-state index is 0.0452. The second-order valence-corrected chi connectivity index (χ2v) is 5.49. The first-order valence-corrected chi connectivity index (χ1v) is 7.35. The number of aryl methyl sites for hydroxylation is 1. The van der Waals surface area contributed by atoms with Crippen LogP contribution in [0.25, 0.3) is 0 Å². The topological polar surface area (TPSA) is 12.0 Å². The maximum Gasteiger partial charge on any atom is 0.141 e. The maximum absolute atomic E-state index is 14.2. The molecule has 0 aliphatic carbocycles. The second-order valence-electron chi connectivity index (χ2n) is 5.09. The molecule has 0 saturated carbocycles. The number of hydrogen-bond acceptors (Lipinski definition) is 1. The van der Waals surface area contributed by atoms with Crippen molar-refractivity contribution < 1.29 is 8.78 Å². The third kappa shape index (κ3) is 3.80. The van der Waals surface area contributed by atoms with Gasteiger partial charge < -0.3 is 5.32 Å². The van der Waals surface area contributed by atoms with Crippen molar-refractivity contribution in [2.75, 3.05) is 6.54 Å². The Kier molecular flexibility index (Phi) is 5.32. The van der Waals surface area contributed by atoms with Gasteiger partial charge in [-0.3, -0.25) is 0 Å². The zero-order valence-electron chi connectivity index (χ0n) is 12.1. The first-order valence-electron chi connectivity index (χ1n) is 6.97. The Hall–Kier alpha value is -1.45. The molecule has 0 aliphatic rings. The van der Waals surface area contributed by atoms with Crippen LogP contribution in [0.2, 0.25) is 5.02 Å². The van der Waals surface area contributed by atoms with Crippen LogP contribution < -0.4 is 5.32 Å². The van der Waals surface area contributed by atoms with Gasteiger partial charge in [-0.1, -0.05) is 42.3 Å². The fourth-order valence-electron chi connectivity index (χ4n) is 2.27. The predicted molar refractivity (Wildman–Crippen MR) is 82.7 cm³/mol. The largest absolute Gasteiger partial charge is 0.306 e. The van der Waals surface area contributed by atoms with Gasteiger partial charge >= 0.3 is 0 Å². The number of hydrogen-bond donors (Lipinski definition) is 1. The van der Waals surface area contributed by atoms with Crippen LogP contribution in [0.4, 0.5) is 8.78 Å². The summed E-state index contributed by atoms with van der Waals surface area (Å²) in [6, 6.07) is 9.14. The van der Waals surface area contributed by atoms with Crippen LogP contribution in [0.5, 0.6) is 0 Å². The van der Waals surface area contributed by atoms with E-state index in [0.717, 1.165) is 24.1 Å². The number of benzene rings is 2. The molecule has 2 aromatic carbocycles. The highest BCUT2D eigenvalue weighted by atomic mass is 35.5. The summed E-state index contributed by atoms with van der Waals surface area (Å²) in [4.78, 5) is 0. The van der Waals surface area contributed by atoms with Gasteiger partial charge in [0.05, 0.1) is 11.1 Å². The Labute approximate surface area is 128 Å². The predicted octanol–water partition coefficient (Wildman–Crippen LogP) is 5.02. The molecule has 1 atom stereocenters. The van der Waals surface area contributed by atoms with E-state index in [4.69, 9.17) is 11.6 Å². The van der Waals surface area contributed by atoms with Crippen molar-refractivity contribution in [3.63, 3.8) is 0 Å². The SMILES string of the molecule is CCCNC(c1ccc(F)c(Cl)c1)c1cc(C)ccc1F. The first-order chi connectivity index (χ1) is 10.0. The van der Waals surface area contributed by atoms with E-state index in [2.05, 4.69) is 5.32 Å². The summed E-state index contributed by atoms with van der Waals surface area (Å²) in [6.07, 6.45) is 0.916. The van der Waals surface area contributed by atoms with Crippen molar-refractivity contribution in [1.29, 1.82) is 0 Å². The number of rotatable bonds is 5. The monoisotopic (exact) mass is 309 g/mol. The third-order valence-corrected chi connectivity index (χ3v) is 3.63. The van der Waals surface area contributed by atoms with Crippen LogP contribution >= 0.6 is 11.6 Å². The lowest BCUT2D eigenvalue weighted by molar-refractivity contribution is 0.545. The van der Waals surface area contributed by atoms with Crippen molar-refractivity contribution in [3.8, 4) is 0 Å². The van der Waals surface area contributed by atoms with E-state index in [-0.39, 0.29) is 16.9 Å². The number of nitrogens with one attached hydrogen (secondary N) is 1. The molecule has 0 amide bonds. The fourth-order valence-corrected chi connectivity index (χ4v) is 2.46. The molecule has 1 unspecified atom stereocenters. The van der Waals surface area contributed by atoms with E-state index < -0.39 is 5.82 Å². The van der Waals surface area contributed by atoms with E-state index in [1.807, 2.05) is 13.8 Å². The van der Waals surface area contributed by atoms with Crippen LogP contribution in [-0.2, 0) is 0 Å². The molecule has 0 radical (unpaired) electrons. The summed E-state index contributed by atoms with van der Waals surface area (Å²) in [7, 11) is 0.